The molecule has 7 heteroatoms. The van der Waals surface area contributed by atoms with Gasteiger partial charge in [0, 0.05) is 29.4 Å². The number of benzene rings is 1. The molecule has 2 N–H and O–H groups in total. The highest BCUT2D eigenvalue weighted by Crippen LogP contribution is 2.19. The van der Waals surface area contributed by atoms with Crippen LogP contribution in [0.2, 0.25) is 0 Å². The van der Waals surface area contributed by atoms with Gasteiger partial charge in [0.15, 0.2) is 0 Å². The highest BCUT2D eigenvalue weighted by atomic mass is 32.2. The molecule has 0 unspecified atom stereocenters. The molecule has 1 aliphatic rings. The van der Waals surface area contributed by atoms with Gasteiger partial charge in [-0.2, -0.15) is 0 Å². The molecule has 1 aromatic heterocycles. The van der Waals surface area contributed by atoms with Crippen LogP contribution >= 0.6 is 11.8 Å². The van der Waals surface area contributed by atoms with Crippen molar-refractivity contribution in [2.24, 2.45) is 0 Å². The molecular formula is C18H23N5OS. The average Bonchev–Trinajstić information content (AvgIpc) is 3.14. The summed E-state index contributed by atoms with van der Waals surface area (Å²) in [5.41, 5.74) is 2.52. The lowest BCUT2D eigenvalue weighted by Crippen LogP contribution is -2.29. The fourth-order valence-electron chi connectivity index (χ4n) is 2.81. The number of rotatable bonds is 5. The molecule has 0 atom stereocenters. The monoisotopic (exact) mass is 357 g/mol. The van der Waals surface area contributed by atoms with E-state index in [1.165, 1.54) is 12.8 Å². The average molecular weight is 357 g/mol. The van der Waals surface area contributed by atoms with Crippen LogP contribution in [-0.2, 0) is 6.54 Å². The third-order valence-corrected chi connectivity index (χ3v) is 4.77. The van der Waals surface area contributed by atoms with Gasteiger partial charge >= 0.3 is 6.03 Å². The molecule has 0 radical (unpaired) electrons. The maximum Gasteiger partial charge on any atom is 0.319 e. The predicted octanol–water partition coefficient (Wildman–Crippen LogP) is 3.43. The van der Waals surface area contributed by atoms with Crippen LogP contribution < -0.4 is 15.5 Å². The molecule has 1 saturated heterocycles. The summed E-state index contributed by atoms with van der Waals surface area (Å²) in [6.07, 6.45) is 4.37. The zero-order valence-electron chi connectivity index (χ0n) is 14.6. The van der Waals surface area contributed by atoms with Gasteiger partial charge in [0.1, 0.15) is 0 Å². The second kappa shape index (κ2) is 8.20. The van der Waals surface area contributed by atoms with Crippen molar-refractivity contribution >= 4 is 29.4 Å². The minimum Gasteiger partial charge on any atom is -0.341 e. The third-order valence-electron chi connectivity index (χ3n) is 4.04. The van der Waals surface area contributed by atoms with Crippen molar-refractivity contribution in [2.75, 3.05) is 29.6 Å². The van der Waals surface area contributed by atoms with E-state index in [9.17, 15) is 4.79 Å². The first-order valence-electron chi connectivity index (χ1n) is 8.42. The zero-order valence-corrected chi connectivity index (χ0v) is 15.4. The number of carbonyl (C=O) groups is 1. The highest BCUT2D eigenvalue weighted by Gasteiger charge is 2.16. The van der Waals surface area contributed by atoms with Crippen LogP contribution in [0.3, 0.4) is 0 Å². The van der Waals surface area contributed by atoms with Gasteiger partial charge in [-0.3, -0.25) is 0 Å². The van der Waals surface area contributed by atoms with Crippen LogP contribution in [0.15, 0.2) is 35.2 Å². The molecule has 0 spiro atoms. The number of hydrogen-bond acceptors (Lipinski definition) is 5. The Kier molecular flexibility index (Phi) is 5.75. The Morgan fingerprint density at radius 2 is 2.04 bits per heavy atom. The van der Waals surface area contributed by atoms with Gasteiger partial charge < -0.3 is 15.5 Å². The molecule has 2 heterocycles. The number of urea groups is 1. The number of aromatic nitrogens is 2. The number of nitrogens with one attached hydrogen (secondary N) is 2. The largest absolute Gasteiger partial charge is 0.341 e. The van der Waals surface area contributed by atoms with E-state index < -0.39 is 0 Å². The molecule has 0 bridgehead atoms. The van der Waals surface area contributed by atoms with Gasteiger partial charge in [-0.15, -0.1) is 11.8 Å². The molecule has 2 aromatic rings. The fourth-order valence-corrected chi connectivity index (χ4v) is 3.27. The third kappa shape index (κ3) is 4.85. The Morgan fingerprint density at radius 3 is 2.80 bits per heavy atom. The Morgan fingerprint density at radius 1 is 1.24 bits per heavy atom. The van der Waals surface area contributed by atoms with Gasteiger partial charge in [-0.05, 0) is 50.3 Å². The lowest BCUT2D eigenvalue weighted by Gasteiger charge is -2.16. The zero-order chi connectivity index (χ0) is 17.6. The first-order valence-corrected chi connectivity index (χ1v) is 9.65. The number of anilines is 2. The van der Waals surface area contributed by atoms with Crippen molar-refractivity contribution in [1.82, 2.24) is 15.3 Å². The predicted molar refractivity (Wildman–Crippen MR) is 102 cm³/mol. The van der Waals surface area contributed by atoms with Gasteiger partial charge in [-0.25, -0.2) is 14.8 Å². The van der Waals surface area contributed by atoms with Crippen LogP contribution in [0.5, 0.6) is 0 Å². The van der Waals surface area contributed by atoms with E-state index in [1.807, 2.05) is 43.5 Å². The van der Waals surface area contributed by atoms with Gasteiger partial charge in [0.2, 0.25) is 5.95 Å². The standard InChI is InChI=1S/C18H23N5OS/c1-13-10-15(21-17(20-13)23-8-3-4-9-23)12-19-18(24)22-14-6-5-7-16(11-14)25-2/h5-7,10-11H,3-4,8-9,12H2,1-2H3,(H2,19,22,24). The van der Waals surface area contributed by atoms with E-state index >= 15 is 0 Å². The number of carbonyl (C=O) groups excluding carboxylic acids is 1. The number of amides is 2. The van der Waals surface area contributed by atoms with Crippen LogP contribution in [0, 0.1) is 6.92 Å². The molecule has 2 amide bonds. The summed E-state index contributed by atoms with van der Waals surface area (Å²) in [5, 5.41) is 5.72. The van der Waals surface area contributed by atoms with Gasteiger partial charge in [-0.1, -0.05) is 6.07 Å². The quantitative estimate of drug-likeness (QED) is 0.802. The van der Waals surface area contributed by atoms with E-state index in [-0.39, 0.29) is 6.03 Å². The summed E-state index contributed by atoms with van der Waals surface area (Å²) in [4.78, 5) is 24.5. The van der Waals surface area contributed by atoms with E-state index in [1.54, 1.807) is 11.8 Å². The Hall–Kier alpha value is -2.28. The van der Waals surface area contributed by atoms with Gasteiger partial charge in [0.05, 0.1) is 12.2 Å². The molecule has 6 nitrogen and oxygen atoms in total. The van der Waals surface area contributed by atoms with E-state index in [0.717, 1.165) is 41.0 Å². The number of hydrogen-bond donors (Lipinski definition) is 2. The summed E-state index contributed by atoms with van der Waals surface area (Å²) in [6, 6.07) is 9.44. The molecular weight excluding hydrogens is 334 g/mol. The summed E-state index contributed by atoms with van der Waals surface area (Å²) in [7, 11) is 0. The minimum atomic E-state index is -0.239. The van der Waals surface area contributed by atoms with Gasteiger partial charge in [0.25, 0.3) is 0 Å². The maximum absolute atomic E-state index is 12.1. The summed E-state index contributed by atoms with van der Waals surface area (Å²) in [6.45, 7) is 4.34. The smallest absolute Gasteiger partial charge is 0.319 e. The minimum absolute atomic E-state index is 0.239. The fraction of sp³-hybridized carbons (Fsp3) is 0.389. The second-order valence-corrected chi connectivity index (χ2v) is 6.91. The number of nitrogens with zero attached hydrogens (tertiary/aromatic N) is 3. The van der Waals surface area contributed by atoms with E-state index in [4.69, 9.17) is 0 Å². The number of aryl methyl sites for hydroxylation is 1. The summed E-state index contributed by atoms with van der Waals surface area (Å²) < 4.78 is 0. The van der Waals surface area contributed by atoms with Crippen molar-refractivity contribution in [1.29, 1.82) is 0 Å². The number of thioether (sulfide) groups is 1. The molecule has 0 saturated carbocycles. The van der Waals surface area contributed by atoms with Crippen LogP contribution in [0.1, 0.15) is 24.2 Å². The van der Waals surface area contributed by atoms with Crippen LogP contribution in [0.4, 0.5) is 16.4 Å². The van der Waals surface area contributed by atoms with Crippen molar-refractivity contribution in [3.05, 3.63) is 41.7 Å². The van der Waals surface area contributed by atoms with Crippen molar-refractivity contribution in [2.45, 2.75) is 31.2 Å². The highest BCUT2D eigenvalue weighted by molar-refractivity contribution is 7.98. The topological polar surface area (TPSA) is 70.2 Å². The first-order chi connectivity index (χ1) is 12.1. The molecule has 0 aliphatic carbocycles. The van der Waals surface area contributed by atoms with Crippen LogP contribution in [0.25, 0.3) is 0 Å². The summed E-state index contributed by atoms with van der Waals surface area (Å²) in [5.74, 6) is 0.766. The van der Waals surface area contributed by atoms with Crippen LogP contribution in [-0.4, -0.2) is 35.3 Å². The SMILES string of the molecule is CSc1cccc(NC(=O)NCc2cc(C)nc(N3CCCC3)n2)c1. The van der Waals surface area contributed by atoms with E-state index in [0.29, 0.717) is 6.54 Å². The normalized spacial score (nSPS) is 13.8. The molecule has 25 heavy (non-hydrogen) atoms. The van der Waals surface area contributed by atoms with Crippen molar-refractivity contribution in [3.8, 4) is 0 Å². The van der Waals surface area contributed by atoms with Crippen molar-refractivity contribution < 1.29 is 4.79 Å². The molecule has 1 fully saturated rings. The Bertz CT molecular complexity index is 746. The first kappa shape index (κ1) is 17.5. The summed E-state index contributed by atoms with van der Waals surface area (Å²) >= 11 is 1.64. The molecule has 3 rings (SSSR count). The molecule has 132 valence electrons. The maximum atomic E-state index is 12.1. The lowest BCUT2D eigenvalue weighted by molar-refractivity contribution is 0.251. The van der Waals surface area contributed by atoms with E-state index in [2.05, 4.69) is 25.5 Å². The Labute approximate surface area is 152 Å². The Balaban J connectivity index is 1.59. The lowest BCUT2D eigenvalue weighted by atomic mass is 10.3. The molecule has 1 aromatic carbocycles. The molecule has 1 aliphatic heterocycles. The van der Waals surface area contributed by atoms with Crippen molar-refractivity contribution in [3.63, 3.8) is 0 Å². The second-order valence-electron chi connectivity index (χ2n) is 6.03.